The van der Waals surface area contributed by atoms with Gasteiger partial charge in [-0.2, -0.15) is 0 Å². The number of hydrogen-bond donors (Lipinski definition) is 1. The Balaban J connectivity index is 1.79. The smallest absolute Gasteiger partial charge is 0.418 e. The van der Waals surface area contributed by atoms with Crippen molar-refractivity contribution in [2.45, 2.75) is 35.9 Å². The fourth-order valence-corrected chi connectivity index (χ4v) is 3.21. The predicted octanol–water partition coefficient (Wildman–Crippen LogP) is 6.87. The molecule has 0 saturated carbocycles. The summed E-state index contributed by atoms with van der Waals surface area (Å²) in [7, 11) is 0. The Bertz CT molecular complexity index is 904. The minimum Gasteiger partial charge on any atom is -0.428 e. The average Bonchev–Trinajstić information content (AvgIpc) is 2.92. The van der Waals surface area contributed by atoms with Crippen molar-refractivity contribution < 1.29 is 19.0 Å². The number of rotatable bonds is 2. The van der Waals surface area contributed by atoms with Crippen LogP contribution in [0.25, 0.3) is 0 Å². The van der Waals surface area contributed by atoms with Crippen LogP contribution in [0.5, 0.6) is 17.2 Å². The molecular formula is C19H16Cl5NO4. The van der Waals surface area contributed by atoms with Gasteiger partial charge >= 0.3 is 12.0 Å². The highest BCUT2D eigenvalue weighted by Gasteiger charge is 2.60. The third-order valence-electron chi connectivity index (χ3n) is 4.06. The molecule has 156 valence electrons. The number of ether oxygens (including phenoxy) is 3. The average molecular weight is 500 g/mol. The Labute approximate surface area is 193 Å². The van der Waals surface area contributed by atoms with Gasteiger partial charge in [0.25, 0.3) is 3.79 Å². The van der Waals surface area contributed by atoms with Crippen LogP contribution in [-0.4, -0.2) is 15.8 Å². The fraction of sp³-hybridized carbons (Fsp3) is 0.316. The zero-order valence-corrected chi connectivity index (χ0v) is 19.3. The topological polar surface area (TPSA) is 56.8 Å². The molecule has 29 heavy (non-hydrogen) atoms. The highest BCUT2D eigenvalue weighted by molar-refractivity contribution is 6.68. The zero-order chi connectivity index (χ0) is 21.6. The van der Waals surface area contributed by atoms with E-state index >= 15 is 0 Å². The SMILES string of the molecule is CC(C)(C)c1ccc(OC(=O)NC2(C(Cl)(Cl)Cl)Oc3cc(Cl)c(Cl)cc3O2)cc1. The van der Waals surface area contributed by atoms with Gasteiger partial charge in [-0.05, 0) is 23.1 Å². The van der Waals surface area contributed by atoms with Gasteiger partial charge in [-0.25, -0.2) is 10.1 Å². The van der Waals surface area contributed by atoms with E-state index in [4.69, 9.17) is 72.2 Å². The Kier molecular flexibility index (Phi) is 6.03. The van der Waals surface area contributed by atoms with Crippen LogP contribution in [0.4, 0.5) is 4.79 Å². The Morgan fingerprint density at radius 1 is 0.966 bits per heavy atom. The number of fused-ring (bicyclic) bond motifs is 1. The van der Waals surface area contributed by atoms with E-state index in [0.29, 0.717) is 0 Å². The quantitative estimate of drug-likeness (QED) is 0.458. The van der Waals surface area contributed by atoms with Crippen LogP contribution in [0.2, 0.25) is 10.0 Å². The maximum Gasteiger partial charge on any atom is 0.418 e. The van der Waals surface area contributed by atoms with Gasteiger partial charge in [-0.1, -0.05) is 90.9 Å². The number of amides is 1. The molecule has 5 nitrogen and oxygen atoms in total. The van der Waals surface area contributed by atoms with E-state index in [-0.39, 0.29) is 32.7 Å². The van der Waals surface area contributed by atoms with Crippen molar-refractivity contribution in [2.24, 2.45) is 0 Å². The molecule has 0 fully saturated rings. The molecule has 2 aromatic carbocycles. The Morgan fingerprint density at radius 2 is 1.45 bits per heavy atom. The van der Waals surface area contributed by atoms with E-state index in [0.717, 1.165) is 5.56 Å². The number of halogens is 5. The molecule has 1 heterocycles. The molecule has 0 unspecified atom stereocenters. The van der Waals surface area contributed by atoms with Crippen molar-refractivity contribution in [3.63, 3.8) is 0 Å². The number of hydrogen-bond acceptors (Lipinski definition) is 4. The van der Waals surface area contributed by atoms with E-state index < -0.39 is 15.8 Å². The molecule has 0 saturated heterocycles. The first-order chi connectivity index (χ1) is 13.3. The summed E-state index contributed by atoms with van der Waals surface area (Å²) in [6.45, 7) is 6.22. The molecule has 1 N–H and O–H groups in total. The van der Waals surface area contributed by atoms with Crippen LogP contribution in [0.1, 0.15) is 26.3 Å². The first-order valence-electron chi connectivity index (χ1n) is 8.35. The van der Waals surface area contributed by atoms with E-state index in [1.165, 1.54) is 12.1 Å². The molecule has 10 heteroatoms. The molecule has 1 aliphatic heterocycles. The van der Waals surface area contributed by atoms with Crippen LogP contribution in [0.3, 0.4) is 0 Å². The molecule has 3 rings (SSSR count). The van der Waals surface area contributed by atoms with E-state index in [1.54, 1.807) is 12.1 Å². The summed E-state index contributed by atoms with van der Waals surface area (Å²) in [4.78, 5) is 12.5. The standard InChI is InChI=1S/C19H16Cl5NO4/c1-17(2,3)10-4-6-11(7-5-10)27-16(26)25-19(18(22,23)24)28-14-8-12(20)13(21)9-15(14)29-19/h4-9H,1-3H3,(H,25,26). The van der Waals surface area contributed by atoms with Gasteiger partial charge in [-0.15, -0.1) is 0 Å². The number of carbonyl (C=O) groups is 1. The minimum absolute atomic E-state index is 0.0415. The molecule has 0 atom stereocenters. The maximum atomic E-state index is 12.5. The molecule has 1 aliphatic rings. The van der Waals surface area contributed by atoms with Gasteiger partial charge in [0.15, 0.2) is 11.5 Å². The first-order valence-corrected chi connectivity index (χ1v) is 10.2. The maximum absolute atomic E-state index is 12.5. The van der Waals surface area contributed by atoms with Crippen molar-refractivity contribution >= 4 is 64.1 Å². The summed E-state index contributed by atoms with van der Waals surface area (Å²) in [6.07, 6.45) is -0.954. The Morgan fingerprint density at radius 3 is 1.86 bits per heavy atom. The van der Waals surface area contributed by atoms with Gasteiger partial charge in [0.05, 0.1) is 10.0 Å². The minimum atomic E-state index is -2.22. The lowest BCUT2D eigenvalue weighted by Crippen LogP contribution is -2.64. The summed E-state index contributed by atoms with van der Waals surface area (Å²) in [5, 5.41) is 2.73. The number of carbonyl (C=O) groups excluding carboxylic acids is 1. The third-order valence-corrected chi connectivity index (χ3v) is 5.53. The third kappa shape index (κ3) is 4.75. The van der Waals surface area contributed by atoms with Crippen molar-refractivity contribution in [3.05, 3.63) is 52.0 Å². The number of benzene rings is 2. The van der Waals surface area contributed by atoms with Crippen LogP contribution in [0.15, 0.2) is 36.4 Å². The van der Waals surface area contributed by atoms with Crippen LogP contribution in [-0.2, 0) is 5.41 Å². The van der Waals surface area contributed by atoms with Gasteiger partial charge < -0.3 is 14.2 Å². The van der Waals surface area contributed by atoms with Crippen molar-refractivity contribution in [1.82, 2.24) is 5.32 Å². The summed E-state index contributed by atoms with van der Waals surface area (Å²) in [5.41, 5.74) is 1.04. The Hall–Kier alpha value is -1.24. The van der Waals surface area contributed by atoms with Gasteiger partial charge in [-0.3, -0.25) is 0 Å². The highest BCUT2D eigenvalue weighted by atomic mass is 35.6. The van der Waals surface area contributed by atoms with Gasteiger partial charge in [0.1, 0.15) is 5.75 Å². The predicted molar refractivity (Wildman–Crippen MR) is 115 cm³/mol. The summed E-state index contributed by atoms with van der Waals surface area (Å²) in [6, 6.07) is 9.80. The molecule has 0 aromatic heterocycles. The first kappa shape index (κ1) is 22.4. The lowest BCUT2D eigenvalue weighted by molar-refractivity contribution is -0.0964. The zero-order valence-electron chi connectivity index (χ0n) is 15.5. The van der Waals surface area contributed by atoms with Crippen molar-refractivity contribution in [1.29, 1.82) is 0 Å². The molecule has 0 bridgehead atoms. The second-order valence-electron chi connectivity index (χ2n) is 7.32. The largest absolute Gasteiger partial charge is 0.428 e. The van der Waals surface area contributed by atoms with Crippen LogP contribution >= 0.6 is 58.0 Å². The van der Waals surface area contributed by atoms with E-state index in [9.17, 15) is 4.79 Å². The van der Waals surface area contributed by atoms with E-state index in [2.05, 4.69) is 26.1 Å². The molecular weight excluding hydrogens is 483 g/mol. The number of alkyl halides is 3. The lowest BCUT2D eigenvalue weighted by Gasteiger charge is -2.33. The second kappa shape index (κ2) is 7.78. The van der Waals surface area contributed by atoms with Gasteiger partial charge in [0, 0.05) is 12.1 Å². The van der Waals surface area contributed by atoms with Crippen LogP contribution < -0.4 is 19.5 Å². The lowest BCUT2D eigenvalue weighted by atomic mass is 9.87. The van der Waals surface area contributed by atoms with Gasteiger partial charge in [0.2, 0.25) is 0 Å². The summed E-state index contributed by atoms with van der Waals surface area (Å²) in [5.74, 6) is -1.62. The summed E-state index contributed by atoms with van der Waals surface area (Å²) < 4.78 is 14.2. The highest BCUT2D eigenvalue weighted by Crippen LogP contribution is 2.50. The van der Waals surface area contributed by atoms with Crippen molar-refractivity contribution in [3.8, 4) is 17.2 Å². The second-order valence-corrected chi connectivity index (χ2v) is 10.4. The monoisotopic (exact) mass is 497 g/mol. The molecule has 0 spiro atoms. The molecule has 1 amide bonds. The summed E-state index contributed by atoms with van der Waals surface area (Å²) >= 11 is 30.0. The fourth-order valence-electron chi connectivity index (χ4n) is 2.53. The molecule has 0 radical (unpaired) electrons. The number of nitrogens with one attached hydrogen (secondary N) is 1. The molecule has 0 aliphatic carbocycles. The molecule has 2 aromatic rings. The normalized spacial score (nSPS) is 15.2. The van der Waals surface area contributed by atoms with Crippen LogP contribution in [0, 0.1) is 0 Å². The van der Waals surface area contributed by atoms with E-state index in [1.807, 2.05) is 12.1 Å². The van der Waals surface area contributed by atoms with Crippen molar-refractivity contribution in [2.75, 3.05) is 0 Å².